The maximum Gasteiger partial charge on any atom is 0.255 e. The summed E-state index contributed by atoms with van der Waals surface area (Å²) in [7, 11) is 0. The Balaban J connectivity index is 1.54. The van der Waals surface area contributed by atoms with Crippen LogP contribution in [0.25, 0.3) is 0 Å². The van der Waals surface area contributed by atoms with E-state index in [9.17, 15) is 18.8 Å². The van der Waals surface area contributed by atoms with E-state index in [1.807, 2.05) is 6.07 Å². The van der Waals surface area contributed by atoms with Crippen LogP contribution in [0.4, 0.5) is 15.8 Å². The Morgan fingerprint density at radius 1 is 0.690 bits per heavy atom. The van der Waals surface area contributed by atoms with Crippen LogP contribution in [0.15, 0.2) is 78.9 Å². The van der Waals surface area contributed by atoms with Crippen LogP contribution < -0.4 is 10.6 Å². The van der Waals surface area contributed by atoms with Crippen LogP contribution in [0.3, 0.4) is 0 Å². The van der Waals surface area contributed by atoms with Crippen molar-refractivity contribution < 1.29 is 18.8 Å². The Hall–Kier alpha value is -3.80. The summed E-state index contributed by atoms with van der Waals surface area (Å²) in [5.74, 6) is -1.23. The highest BCUT2D eigenvalue weighted by atomic mass is 19.1. The maximum absolute atomic E-state index is 12.9. The Bertz CT molecular complexity index is 1020. The molecule has 0 atom stereocenters. The van der Waals surface area contributed by atoms with Crippen molar-refractivity contribution in [2.24, 2.45) is 0 Å². The lowest BCUT2D eigenvalue weighted by molar-refractivity contribution is -0.116. The van der Waals surface area contributed by atoms with E-state index in [0.717, 1.165) is 0 Å². The lowest BCUT2D eigenvalue weighted by Gasteiger charge is -2.09. The second-order valence-corrected chi connectivity index (χ2v) is 6.38. The third kappa shape index (κ3) is 5.84. The first-order valence-corrected chi connectivity index (χ1v) is 9.06. The van der Waals surface area contributed by atoms with Gasteiger partial charge in [-0.1, -0.05) is 24.3 Å². The number of amides is 2. The van der Waals surface area contributed by atoms with Gasteiger partial charge in [-0.3, -0.25) is 14.4 Å². The minimum absolute atomic E-state index is 0.00316. The Labute approximate surface area is 167 Å². The molecule has 0 aromatic heterocycles. The average Bonchev–Trinajstić information content (AvgIpc) is 2.73. The summed E-state index contributed by atoms with van der Waals surface area (Å²) in [6.45, 7) is 0. The second-order valence-electron chi connectivity index (χ2n) is 6.38. The predicted octanol–water partition coefficient (Wildman–Crippen LogP) is 4.68. The Morgan fingerprint density at radius 3 is 2.03 bits per heavy atom. The van der Waals surface area contributed by atoms with E-state index in [4.69, 9.17) is 0 Å². The first kappa shape index (κ1) is 19.9. The molecule has 0 aliphatic heterocycles. The summed E-state index contributed by atoms with van der Waals surface area (Å²) in [6.07, 6.45) is 0.0126. The third-order valence-corrected chi connectivity index (χ3v) is 4.19. The Morgan fingerprint density at radius 2 is 1.34 bits per heavy atom. The molecule has 0 unspecified atom stereocenters. The van der Waals surface area contributed by atoms with Crippen molar-refractivity contribution in [2.75, 3.05) is 10.6 Å². The van der Waals surface area contributed by atoms with Gasteiger partial charge < -0.3 is 10.6 Å². The van der Waals surface area contributed by atoms with Gasteiger partial charge in [-0.05, 0) is 54.6 Å². The summed E-state index contributed by atoms with van der Waals surface area (Å²) >= 11 is 0. The first-order chi connectivity index (χ1) is 14.0. The number of rotatable bonds is 7. The normalized spacial score (nSPS) is 10.2. The molecule has 0 aliphatic carbocycles. The molecule has 0 bridgehead atoms. The quantitative estimate of drug-likeness (QED) is 0.575. The molecule has 29 heavy (non-hydrogen) atoms. The summed E-state index contributed by atoms with van der Waals surface area (Å²) in [5.41, 5.74) is 1.94. The highest BCUT2D eigenvalue weighted by Crippen LogP contribution is 2.17. The van der Waals surface area contributed by atoms with Crippen LogP contribution >= 0.6 is 0 Å². The molecule has 3 rings (SSSR count). The van der Waals surface area contributed by atoms with Gasteiger partial charge in [-0.15, -0.1) is 0 Å². The number of ketones is 1. The molecule has 3 aromatic carbocycles. The summed E-state index contributed by atoms with van der Waals surface area (Å²) < 4.78 is 12.9. The van der Waals surface area contributed by atoms with Gasteiger partial charge >= 0.3 is 0 Å². The van der Waals surface area contributed by atoms with E-state index in [1.165, 1.54) is 24.3 Å². The van der Waals surface area contributed by atoms with Gasteiger partial charge in [-0.25, -0.2) is 4.39 Å². The number of halogens is 1. The Kier molecular flexibility index (Phi) is 6.47. The average molecular weight is 390 g/mol. The van der Waals surface area contributed by atoms with Crippen molar-refractivity contribution in [2.45, 2.75) is 12.8 Å². The van der Waals surface area contributed by atoms with Crippen LogP contribution in [0.1, 0.15) is 33.6 Å². The predicted molar refractivity (Wildman–Crippen MR) is 109 cm³/mol. The zero-order valence-corrected chi connectivity index (χ0v) is 15.5. The highest BCUT2D eigenvalue weighted by Gasteiger charge is 2.11. The molecule has 0 aliphatic rings. The van der Waals surface area contributed by atoms with Gasteiger partial charge in [0.05, 0.1) is 0 Å². The van der Waals surface area contributed by atoms with Crippen LogP contribution in [0, 0.1) is 5.82 Å². The molecule has 0 saturated carbocycles. The molecule has 3 aromatic rings. The van der Waals surface area contributed by atoms with Crippen LogP contribution in [0.5, 0.6) is 0 Å². The third-order valence-electron chi connectivity index (χ3n) is 4.19. The number of anilines is 2. The molecule has 0 radical (unpaired) electrons. The zero-order chi connectivity index (χ0) is 20.6. The number of hydrogen-bond donors (Lipinski definition) is 2. The number of carbonyl (C=O) groups excluding carboxylic acids is 3. The van der Waals surface area contributed by atoms with E-state index in [-0.39, 0.29) is 30.4 Å². The summed E-state index contributed by atoms with van der Waals surface area (Å²) in [6, 6.07) is 20.8. The number of benzene rings is 3. The molecule has 6 heteroatoms. The molecule has 0 heterocycles. The molecule has 0 spiro atoms. The van der Waals surface area contributed by atoms with E-state index in [0.29, 0.717) is 22.5 Å². The van der Waals surface area contributed by atoms with E-state index in [1.54, 1.807) is 48.5 Å². The lowest BCUT2D eigenvalue weighted by atomic mass is 10.1. The number of hydrogen-bond acceptors (Lipinski definition) is 3. The number of Topliss-reactive ketones (excluding diaryl/α,β-unsaturated/α-hetero) is 1. The van der Waals surface area contributed by atoms with Crippen LogP contribution in [-0.4, -0.2) is 17.6 Å². The van der Waals surface area contributed by atoms with Gasteiger partial charge in [0.25, 0.3) is 5.91 Å². The molecular weight excluding hydrogens is 371 g/mol. The molecule has 2 N–H and O–H groups in total. The van der Waals surface area contributed by atoms with E-state index in [2.05, 4.69) is 10.6 Å². The van der Waals surface area contributed by atoms with Gasteiger partial charge in [-0.2, -0.15) is 0 Å². The van der Waals surface area contributed by atoms with Crippen molar-refractivity contribution in [3.05, 3.63) is 95.8 Å². The fourth-order valence-corrected chi connectivity index (χ4v) is 2.70. The maximum atomic E-state index is 12.9. The fraction of sp³-hybridized carbons (Fsp3) is 0.0870. The zero-order valence-electron chi connectivity index (χ0n) is 15.5. The standard InChI is InChI=1S/C23H19FN2O3/c24-18-11-9-16(10-12-18)21(27)13-14-22(28)25-19-7-4-8-20(15-19)26-23(29)17-5-2-1-3-6-17/h1-12,15H,13-14H2,(H,25,28)(H,26,29). The topological polar surface area (TPSA) is 75.3 Å². The number of carbonyl (C=O) groups is 3. The van der Waals surface area contributed by atoms with Crippen molar-refractivity contribution >= 4 is 29.0 Å². The molecule has 5 nitrogen and oxygen atoms in total. The largest absolute Gasteiger partial charge is 0.326 e. The van der Waals surface area contributed by atoms with Crippen molar-refractivity contribution in [1.29, 1.82) is 0 Å². The SMILES string of the molecule is O=C(CCC(=O)c1ccc(F)cc1)Nc1cccc(NC(=O)c2ccccc2)c1. The second kappa shape index (κ2) is 9.41. The lowest BCUT2D eigenvalue weighted by Crippen LogP contribution is -2.14. The van der Waals surface area contributed by atoms with Crippen molar-refractivity contribution in [1.82, 2.24) is 0 Å². The molecule has 2 amide bonds. The number of nitrogens with one attached hydrogen (secondary N) is 2. The summed E-state index contributed by atoms with van der Waals surface area (Å²) in [5, 5.41) is 5.48. The van der Waals surface area contributed by atoms with Gasteiger partial charge in [0.1, 0.15) is 5.82 Å². The monoisotopic (exact) mass is 390 g/mol. The van der Waals surface area contributed by atoms with Gasteiger partial charge in [0.2, 0.25) is 5.91 Å². The van der Waals surface area contributed by atoms with E-state index < -0.39 is 5.82 Å². The fourth-order valence-electron chi connectivity index (χ4n) is 2.70. The van der Waals surface area contributed by atoms with Crippen LogP contribution in [-0.2, 0) is 4.79 Å². The van der Waals surface area contributed by atoms with Crippen molar-refractivity contribution in [3.8, 4) is 0 Å². The molecule has 0 saturated heterocycles. The summed E-state index contributed by atoms with van der Waals surface area (Å²) in [4.78, 5) is 36.4. The first-order valence-electron chi connectivity index (χ1n) is 9.06. The van der Waals surface area contributed by atoms with Crippen LogP contribution in [0.2, 0.25) is 0 Å². The molecular formula is C23H19FN2O3. The molecule has 146 valence electrons. The van der Waals surface area contributed by atoms with Gasteiger partial charge in [0, 0.05) is 35.3 Å². The van der Waals surface area contributed by atoms with Gasteiger partial charge in [0.15, 0.2) is 5.78 Å². The minimum atomic E-state index is -0.418. The minimum Gasteiger partial charge on any atom is -0.326 e. The van der Waals surface area contributed by atoms with Crippen molar-refractivity contribution in [3.63, 3.8) is 0 Å². The van der Waals surface area contributed by atoms with E-state index >= 15 is 0 Å². The smallest absolute Gasteiger partial charge is 0.255 e. The molecule has 0 fully saturated rings. The highest BCUT2D eigenvalue weighted by molar-refractivity contribution is 6.05.